The lowest BCUT2D eigenvalue weighted by molar-refractivity contribution is 0.108. The minimum atomic E-state index is 0.101. The fourth-order valence-electron chi connectivity index (χ4n) is 2.41. The molecule has 0 aromatic rings. The van der Waals surface area contributed by atoms with Crippen molar-refractivity contribution in [1.29, 1.82) is 0 Å². The number of nitrogens with zero attached hydrogens (tertiary/aromatic N) is 2. The molecule has 16 heavy (non-hydrogen) atoms. The molecule has 1 aliphatic heterocycles. The SMILES string of the molecule is CN(CCO)C1CCN(CC(C)(C)S)CC1. The topological polar surface area (TPSA) is 26.7 Å². The Hall–Kier alpha value is 0.230. The third-order valence-corrected chi connectivity index (χ3v) is 3.39. The van der Waals surface area contributed by atoms with E-state index in [1.54, 1.807) is 0 Å². The molecule has 1 heterocycles. The summed E-state index contributed by atoms with van der Waals surface area (Å²) in [5.74, 6) is 0. The van der Waals surface area contributed by atoms with Crippen molar-refractivity contribution in [3.63, 3.8) is 0 Å². The van der Waals surface area contributed by atoms with Gasteiger partial charge in [-0.1, -0.05) is 0 Å². The highest BCUT2D eigenvalue weighted by Gasteiger charge is 2.24. The van der Waals surface area contributed by atoms with E-state index < -0.39 is 0 Å². The van der Waals surface area contributed by atoms with Crippen LogP contribution in [0.5, 0.6) is 0 Å². The first-order chi connectivity index (χ1) is 7.42. The number of piperidine rings is 1. The lowest BCUT2D eigenvalue weighted by Crippen LogP contribution is -2.46. The number of likely N-dealkylation sites (tertiary alicyclic amines) is 1. The van der Waals surface area contributed by atoms with E-state index in [1.807, 2.05) is 0 Å². The minimum absolute atomic E-state index is 0.101. The third kappa shape index (κ3) is 5.04. The Morgan fingerprint density at radius 1 is 1.38 bits per heavy atom. The van der Waals surface area contributed by atoms with Crippen LogP contribution in [-0.4, -0.2) is 65.5 Å². The second kappa shape index (κ2) is 6.24. The second-order valence-corrected chi connectivity index (χ2v) is 6.73. The Bertz CT molecular complexity index is 198. The van der Waals surface area contributed by atoms with Crippen LogP contribution in [0.1, 0.15) is 26.7 Å². The molecule has 1 aliphatic rings. The van der Waals surface area contributed by atoms with Crippen molar-refractivity contribution < 1.29 is 5.11 Å². The van der Waals surface area contributed by atoms with Gasteiger partial charge in [0.05, 0.1) is 6.61 Å². The maximum Gasteiger partial charge on any atom is 0.0558 e. The summed E-state index contributed by atoms with van der Waals surface area (Å²) >= 11 is 4.58. The zero-order valence-corrected chi connectivity index (χ0v) is 11.7. The molecule has 3 nitrogen and oxygen atoms in total. The fourth-order valence-corrected chi connectivity index (χ4v) is 2.61. The molecule has 0 bridgehead atoms. The van der Waals surface area contributed by atoms with Gasteiger partial charge in [0.25, 0.3) is 0 Å². The van der Waals surface area contributed by atoms with Gasteiger partial charge in [-0.2, -0.15) is 12.6 Å². The van der Waals surface area contributed by atoms with Crippen molar-refractivity contribution in [3.05, 3.63) is 0 Å². The quantitative estimate of drug-likeness (QED) is 0.711. The Morgan fingerprint density at radius 2 is 1.94 bits per heavy atom. The highest BCUT2D eigenvalue weighted by Crippen LogP contribution is 2.20. The van der Waals surface area contributed by atoms with Crippen LogP contribution in [0.4, 0.5) is 0 Å². The number of likely N-dealkylation sites (N-methyl/N-ethyl adjacent to an activating group) is 1. The lowest BCUT2D eigenvalue weighted by atomic mass is 10.0. The first-order valence-electron chi connectivity index (χ1n) is 6.18. The van der Waals surface area contributed by atoms with Crippen LogP contribution in [0, 0.1) is 0 Å². The molecule has 1 N–H and O–H groups in total. The van der Waals surface area contributed by atoms with Crippen molar-refractivity contribution in [2.24, 2.45) is 0 Å². The van der Waals surface area contributed by atoms with Crippen molar-refractivity contribution in [1.82, 2.24) is 9.80 Å². The van der Waals surface area contributed by atoms with Gasteiger partial charge in [-0.05, 0) is 46.8 Å². The summed E-state index contributed by atoms with van der Waals surface area (Å²) in [6, 6.07) is 0.645. The van der Waals surface area contributed by atoms with Crippen LogP contribution in [-0.2, 0) is 0 Å². The van der Waals surface area contributed by atoms with Crippen molar-refractivity contribution >= 4 is 12.6 Å². The molecule has 0 aromatic heterocycles. The van der Waals surface area contributed by atoms with Gasteiger partial charge < -0.3 is 14.9 Å². The number of aliphatic hydroxyl groups excluding tert-OH is 1. The molecule has 1 fully saturated rings. The van der Waals surface area contributed by atoms with Gasteiger partial charge in [0.1, 0.15) is 0 Å². The summed E-state index contributed by atoms with van der Waals surface area (Å²) in [5, 5.41) is 8.91. The molecule has 0 saturated carbocycles. The van der Waals surface area contributed by atoms with Crippen LogP contribution in [0.3, 0.4) is 0 Å². The predicted molar refractivity (Wildman–Crippen MR) is 72.2 cm³/mol. The van der Waals surface area contributed by atoms with Crippen molar-refractivity contribution in [3.8, 4) is 0 Å². The van der Waals surface area contributed by atoms with Crippen LogP contribution in [0.2, 0.25) is 0 Å². The highest BCUT2D eigenvalue weighted by molar-refractivity contribution is 7.81. The van der Waals surface area contributed by atoms with Gasteiger partial charge in [-0.15, -0.1) is 0 Å². The van der Waals surface area contributed by atoms with E-state index in [2.05, 4.69) is 43.3 Å². The third-order valence-electron chi connectivity index (χ3n) is 3.24. The van der Waals surface area contributed by atoms with Gasteiger partial charge in [0.2, 0.25) is 0 Å². The van der Waals surface area contributed by atoms with E-state index in [0.29, 0.717) is 6.04 Å². The number of hydrogen-bond donors (Lipinski definition) is 2. The van der Waals surface area contributed by atoms with Crippen LogP contribution >= 0.6 is 12.6 Å². The molecule has 4 heteroatoms. The summed E-state index contributed by atoms with van der Waals surface area (Å²) in [5.41, 5.74) is 0. The van der Waals surface area contributed by atoms with Gasteiger partial charge in [0.15, 0.2) is 0 Å². The Kier molecular flexibility index (Phi) is 5.57. The Labute approximate surface area is 105 Å². The highest BCUT2D eigenvalue weighted by atomic mass is 32.1. The van der Waals surface area contributed by atoms with Gasteiger partial charge >= 0.3 is 0 Å². The van der Waals surface area contributed by atoms with Crippen molar-refractivity contribution in [2.75, 3.05) is 39.8 Å². The van der Waals surface area contributed by atoms with Crippen LogP contribution in [0.15, 0.2) is 0 Å². The summed E-state index contributed by atoms with van der Waals surface area (Å²) in [6.45, 7) is 8.77. The van der Waals surface area contributed by atoms with Gasteiger partial charge in [-0.3, -0.25) is 0 Å². The smallest absolute Gasteiger partial charge is 0.0558 e. The predicted octanol–water partition coefficient (Wildman–Crippen LogP) is 1.08. The standard InChI is InChI=1S/C12H26N2OS/c1-12(2,16)10-14-6-4-11(5-7-14)13(3)8-9-15/h11,15-16H,4-10H2,1-3H3. The van der Waals surface area contributed by atoms with E-state index in [4.69, 9.17) is 5.11 Å². The van der Waals surface area contributed by atoms with Gasteiger partial charge in [0, 0.05) is 23.9 Å². The largest absolute Gasteiger partial charge is 0.395 e. The molecule has 0 radical (unpaired) electrons. The lowest BCUT2D eigenvalue weighted by Gasteiger charge is -2.38. The minimum Gasteiger partial charge on any atom is -0.395 e. The molecular weight excluding hydrogens is 220 g/mol. The van der Waals surface area contributed by atoms with E-state index in [-0.39, 0.29) is 11.4 Å². The van der Waals surface area contributed by atoms with E-state index in [9.17, 15) is 0 Å². The molecule has 0 amide bonds. The fraction of sp³-hybridized carbons (Fsp3) is 1.00. The number of thiol groups is 1. The summed E-state index contributed by atoms with van der Waals surface area (Å²) in [7, 11) is 2.11. The van der Waals surface area contributed by atoms with Crippen LogP contribution in [0.25, 0.3) is 0 Å². The van der Waals surface area contributed by atoms with E-state index in [0.717, 1.165) is 26.2 Å². The average Bonchev–Trinajstić information content (AvgIpc) is 2.16. The molecule has 0 atom stereocenters. The molecule has 96 valence electrons. The zero-order valence-electron chi connectivity index (χ0n) is 10.8. The first-order valence-corrected chi connectivity index (χ1v) is 6.63. The van der Waals surface area contributed by atoms with E-state index >= 15 is 0 Å². The monoisotopic (exact) mass is 246 g/mol. The second-order valence-electron chi connectivity index (χ2n) is 5.52. The number of rotatable bonds is 5. The summed E-state index contributed by atoms with van der Waals surface area (Å²) in [4.78, 5) is 4.78. The molecule has 1 saturated heterocycles. The molecular formula is C12H26N2OS. The van der Waals surface area contributed by atoms with Gasteiger partial charge in [-0.25, -0.2) is 0 Å². The normalized spacial score (nSPS) is 20.6. The maximum absolute atomic E-state index is 8.91. The molecule has 0 aromatic carbocycles. The van der Waals surface area contributed by atoms with Crippen molar-refractivity contribution in [2.45, 2.75) is 37.5 Å². The molecule has 0 spiro atoms. The molecule has 1 rings (SSSR count). The summed E-state index contributed by atoms with van der Waals surface area (Å²) in [6.07, 6.45) is 2.42. The Balaban J connectivity index is 2.28. The Morgan fingerprint density at radius 3 is 2.38 bits per heavy atom. The van der Waals surface area contributed by atoms with E-state index in [1.165, 1.54) is 12.8 Å². The van der Waals surface area contributed by atoms with Crippen LogP contribution < -0.4 is 0 Å². The number of hydrogen-bond acceptors (Lipinski definition) is 4. The number of aliphatic hydroxyl groups is 1. The maximum atomic E-state index is 8.91. The molecule has 0 unspecified atom stereocenters. The average molecular weight is 246 g/mol. The summed E-state index contributed by atoms with van der Waals surface area (Å²) < 4.78 is 0.101. The first kappa shape index (κ1) is 14.3. The zero-order chi connectivity index (χ0) is 12.2. The molecule has 0 aliphatic carbocycles.